The van der Waals surface area contributed by atoms with Crippen LogP contribution in [0.3, 0.4) is 0 Å². The SMILES string of the molecule is O=C(COC(=O)c1ccc(Br)cc1F)NCC1(N2CCOCC2)CCCCC1. The molecule has 0 spiro atoms. The highest BCUT2D eigenvalue weighted by atomic mass is 79.9. The highest BCUT2D eigenvalue weighted by Gasteiger charge is 2.38. The molecule has 6 nitrogen and oxygen atoms in total. The summed E-state index contributed by atoms with van der Waals surface area (Å²) in [6, 6.07) is 4.07. The fourth-order valence-corrected chi connectivity index (χ4v) is 4.36. The first-order valence-corrected chi connectivity index (χ1v) is 10.5. The number of carbonyl (C=O) groups is 2. The Labute approximate surface area is 172 Å². The first-order valence-electron chi connectivity index (χ1n) is 9.72. The molecule has 0 radical (unpaired) electrons. The van der Waals surface area contributed by atoms with Crippen LogP contribution in [-0.4, -0.2) is 61.8 Å². The standard InChI is InChI=1S/C20H26BrFN2O4/c21-15-4-5-16(17(22)12-15)19(26)28-13-18(25)23-14-20(6-2-1-3-7-20)24-8-10-27-11-9-24/h4-5,12H,1-3,6-11,13-14H2,(H,23,25). The second-order valence-electron chi connectivity index (χ2n) is 7.36. The molecule has 3 rings (SSSR count). The molecular weight excluding hydrogens is 431 g/mol. The van der Waals surface area contributed by atoms with Gasteiger partial charge in [0.1, 0.15) is 5.82 Å². The van der Waals surface area contributed by atoms with Crippen LogP contribution in [0.25, 0.3) is 0 Å². The van der Waals surface area contributed by atoms with E-state index in [-0.39, 0.29) is 17.0 Å². The Hall–Kier alpha value is -1.51. The first kappa shape index (κ1) is 21.2. The van der Waals surface area contributed by atoms with E-state index in [1.165, 1.54) is 18.6 Å². The average molecular weight is 457 g/mol. The van der Waals surface area contributed by atoms with Crippen molar-refractivity contribution in [3.8, 4) is 0 Å². The number of amides is 1. The first-order chi connectivity index (χ1) is 13.5. The van der Waals surface area contributed by atoms with Crippen LogP contribution in [0.4, 0.5) is 4.39 Å². The third-order valence-corrected chi connectivity index (χ3v) is 6.06. The van der Waals surface area contributed by atoms with Crippen molar-refractivity contribution in [3.05, 3.63) is 34.1 Å². The Bertz CT molecular complexity index is 703. The smallest absolute Gasteiger partial charge is 0.341 e. The summed E-state index contributed by atoms with van der Waals surface area (Å²) >= 11 is 3.14. The molecule has 1 saturated carbocycles. The van der Waals surface area contributed by atoms with E-state index >= 15 is 0 Å². The maximum Gasteiger partial charge on any atom is 0.341 e. The van der Waals surface area contributed by atoms with Crippen LogP contribution < -0.4 is 5.32 Å². The molecule has 28 heavy (non-hydrogen) atoms. The topological polar surface area (TPSA) is 67.9 Å². The minimum absolute atomic E-state index is 0.0560. The molecule has 1 aromatic rings. The van der Waals surface area contributed by atoms with Crippen LogP contribution in [0.2, 0.25) is 0 Å². The largest absolute Gasteiger partial charge is 0.452 e. The Kier molecular flexibility index (Phi) is 7.42. The molecule has 0 aromatic heterocycles. The second-order valence-corrected chi connectivity index (χ2v) is 8.28. The van der Waals surface area contributed by atoms with Gasteiger partial charge in [0.05, 0.1) is 18.8 Å². The van der Waals surface area contributed by atoms with E-state index in [0.717, 1.165) is 38.8 Å². The average Bonchev–Trinajstić information content (AvgIpc) is 2.72. The van der Waals surface area contributed by atoms with Gasteiger partial charge in [-0.1, -0.05) is 35.2 Å². The van der Waals surface area contributed by atoms with Crippen molar-refractivity contribution >= 4 is 27.8 Å². The normalized spacial score (nSPS) is 19.8. The lowest BCUT2D eigenvalue weighted by atomic mass is 9.79. The van der Waals surface area contributed by atoms with Crippen molar-refractivity contribution < 1.29 is 23.5 Å². The predicted octanol–water partition coefficient (Wildman–Crippen LogP) is 2.90. The van der Waals surface area contributed by atoms with E-state index in [0.29, 0.717) is 24.2 Å². The molecule has 0 unspecified atom stereocenters. The van der Waals surface area contributed by atoms with Gasteiger partial charge in [0.2, 0.25) is 0 Å². The fraction of sp³-hybridized carbons (Fsp3) is 0.600. The lowest BCUT2D eigenvalue weighted by Gasteiger charge is -2.48. The van der Waals surface area contributed by atoms with E-state index in [4.69, 9.17) is 9.47 Å². The molecule has 1 N–H and O–H groups in total. The number of nitrogens with zero attached hydrogens (tertiary/aromatic N) is 1. The molecule has 1 aliphatic heterocycles. The molecule has 2 fully saturated rings. The molecule has 0 atom stereocenters. The quantitative estimate of drug-likeness (QED) is 0.666. The highest BCUT2D eigenvalue weighted by molar-refractivity contribution is 9.10. The van der Waals surface area contributed by atoms with Crippen molar-refractivity contribution in [2.24, 2.45) is 0 Å². The summed E-state index contributed by atoms with van der Waals surface area (Å²) in [5, 5.41) is 2.92. The number of hydrogen-bond acceptors (Lipinski definition) is 5. The van der Waals surface area contributed by atoms with Gasteiger partial charge in [-0.05, 0) is 31.0 Å². The van der Waals surface area contributed by atoms with Gasteiger partial charge in [0.15, 0.2) is 6.61 Å². The van der Waals surface area contributed by atoms with Gasteiger partial charge in [-0.25, -0.2) is 9.18 Å². The summed E-state index contributed by atoms with van der Waals surface area (Å²) in [4.78, 5) is 26.7. The molecule has 1 aromatic carbocycles. The van der Waals surface area contributed by atoms with E-state index in [9.17, 15) is 14.0 Å². The lowest BCUT2D eigenvalue weighted by Crippen LogP contribution is -2.59. The number of carbonyl (C=O) groups excluding carboxylic acids is 2. The summed E-state index contributed by atoms with van der Waals surface area (Å²) in [7, 11) is 0. The number of hydrogen-bond donors (Lipinski definition) is 1. The Morgan fingerprint density at radius 3 is 2.61 bits per heavy atom. The maximum atomic E-state index is 13.8. The van der Waals surface area contributed by atoms with Crippen molar-refractivity contribution in [2.75, 3.05) is 39.5 Å². The number of esters is 1. The van der Waals surface area contributed by atoms with E-state index in [1.807, 2.05) is 0 Å². The van der Waals surface area contributed by atoms with Crippen molar-refractivity contribution in [1.29, 1.82) is 0 Å². The Balaban J connectivity index is 1.52. The Morgan fingerprint density at radius 2 is 1.93 bits per heavy atom. The summed E-state index contributed by atoms with van der Waals surface area (Å²) < 4.78 is 24.8. The number of rotatable bonds is 6. The van der Waals surface area contributed by atoms with Crippen molar-refractivity contribution in [2.45, 2.75) is 37.6 Å². The van der Waals surface area contributed by atoms with Crippen molar-refractivity contribution in [3.63, 3.8) is 0 Å². The number of nitrogens with one attached hydrogen (secondary N) is 1. The highest BCUT2D eigenvalue weighted by Crippen LogP contribution is 2.33. The number of benzene rings is 1. The monoisotopic (exact) mass is 456 g/mol. The number of ether oxygens (including phenoxy) is 2. The van der Waals surface area contributed by atoms with E-state index in [2.05, 4.69) is 26.1 Å². The lowest BCUT2D eigenvalue weighted by molar-refractivity contribution is -0.125. The molecule has 1 heterocycles. The van der Waals surface area contributed by atoms with Crippen LogP contribution in [-0.2, 0) is 14.3 Å². The molecule has 1 amide bonds. The molecule has 0 bridgehead atoms. The second kappa shape index (κ2) is 9.80. The van der Waals surface area contributed by atoms with Crippen LogP contribution in [0.5, 0.6) is 0 Å². The van der Waals surface area contributed by atoms with Crippen LogP contribution in [0, 0.1) is 5.82 Å². The molecule has 1 aliphatic carbocycles. The summed E-state index contributed by atoms with van der Waals surface area (Å²) in [6.45, 7) is 3.27. The maximum absolute atomic E-state index is 13.8. The molecule has 8 heteroatoms. The molecule has 1 saturated heterocycles. The number of halogens is 2. The van der Waals surface area contributed by atoms with Crippen LogP contribution in [0.1, 0.15) is 42.5 Å². The minimum atomic E-state index is -0.847. The van der Waals surface area contributed by atoms with Gasteiger partial charge < -0.3 is 14.8 Å². The summed E-state index contributed by atoms with van der Waals surface area (Å²) in [5.74, 6) is -1.90. The zero-order valence-corrected chi connectivity index (χ0v) is 17.4. The minimum Gasteiger partial charge on any atom is -0.452 e. The fourth-order valence-electron chi connectivity index (χ4n) is 4.03. The third kappa shape index (κ3) is 5.30. The van der Waals surface area contributed by atoms with E-state index < -0.39 is 18.4 Å². The zero-order valence-electron chi connectivity index (χ0n) is 15.8. The van der Waals surface area contributed by atoms with Crippen LogP contribution >= 0.6 is 15.9 Å². The third-order valence-electron chi connectivity index (χ3n) is 5.57. The van der Waals surface area contributed by atoms with Crippen molar-refractivity contribution in [1.82, 2.24) is 10.2 Å². The van der Waals surface area contributed by atoms with Gasteiger partial charge in [0, 0.05) is 29.6 Å². The van der Waals surface area contributed by atoms with Gasteiger partial charge in [-0.3, -0.25) is 9.69 Å². The van der Waals surface area contributed by atoms with Gasteiger partial charge in [-0.15, -0.1) is 0 Å². The van der Waals surface area contributed by atoms with Gasteiger partial charge >= 0.3 is 5.97 Å². The van der Waals surface area contributed by atoms with Gasteiger partial charge in [-0.2, -0.15) is 0 Å². The van der Waals surface area contributed by atoms with E-state index in [1.54, 1.807) is 6.07 Å². The summed E-state index contributed by atoms with van der Waals surface area (Å²) in [5.41, 5.74) is -0.243. The Morgan fingerprint density at radius 1 is 1.21 bits per heavy atom. The molecular formula is C20H26BrFN2O4. The summed E-state index contributed by atoms with van der Waals surface area (Å²) in [6.07, 6.45) is 5.58. The number of morpholine rings is 1. The predicted molar refractivity (Wildman–Crippen MR) is 106 cm³/mol. The zero-order chi connectivity index (χ0) is 20.0. The van der Waals surface area contributed by atoms with Gasteiger partial charge in [0.25, 0.3) is 5.91 Å². The van der Waals surface area contributed by atoms with Crippen LogP contribution in [0.15, 0.2) is 22.7 Å². The molecule has 154 valence electrons. The molecule has 2 aliphatic rings.